The monoisotopic (exact) mass is 641 g/mol. The predicted octanol–water partition coefficient (Wildman–Crippen LogP) is 8.49. The smallest absolute Gasteiger partial charge is 0.309 e. The predicted molar refractivity (Wildman–Crippen MR) is 185 cm³/mol. The summed E-state index contributed by atoms with van der Waals surface area (Å²) in [6, 6.07) is 9.10. The van der Waals surface area contributed by atoms with E-state index in [0.717, 1.165) is 79.0 Å². The van der Waals surface area contributed by atoms with Crippen molar-refractivity contribution in [2.75, 3.05) is 7.11 Å². The molecule has 7 rings (SSSR count). The molecule has 3 fully saturated rings. The Labute approximate surface area is 278 Å². The molecule has 4 aliphatic rings. The van der Waals surface area contributed by atoms with E-state index in [1.54, 1.807) is 13.2 Å². The van der Waals surface area contributed by atoms with Gasteiger partial charge in [0.2, 0.25) is 5.56 Å². The molecule has 3 aromatic rings. The number of hydrogen-bond donors (Lipinski definition) is 4. The third kappa shape index (κ3) is 4.74. The van der Waals surface area contributed by atoms with Crippen molar-refractivity contribution < 1.29 is 24.9 Å². The highest BCUT2D eigenvalue weighted by Crippen LogP contribution is 2.74. The van der Waals surface area contributed by atoms with E-state index in [4.69, 9.17) is 4.74 Å². The number of rotatable bonds is 2. The molecule has 6 atom stereocenters. The lowest BCUT2D eigenvalue weighted by atomic mass is 9.34. The Morgan fingerprint density at radius 3 is 2.34 bits per heavy atom. The Bertz CT molecular complexity index is 1870. The minimum absolute atomic E-state index is 0.00431. The van der Waals surface area contributed by atoms with Crippen LogP contribution < -0.4 is 10.3 Å². The average Bonchev–Trinajstić information content (AvgIpc) is 3.02. The molecule has 2 aromatic carbocycles. The highest BCUT2D eigenvalue weighted by molar-refractivity contribution is 5.86. The Morgan fingerprint density at radius 2 is 1.66 bits per heavy atom. The van der Waals surface area contributed by atoms with Crippen molar-refractivity contribution in [3.63, 3.8) is 0 Å². The SMILES string of the molecule is COc1cccc2c(C)cc(=O)[nH]c12.Cc1c(O)c(O)cc2c1CC=C1C2(C)CCC2(C)C3CC(C)(C(=O)O)CCC3(C)CCC12C. The summed E-state index contributed by atoms with van der Waals surface area (Å²) < 4.78 is 5.17. The van der Waals surface area contributed by atoms with Crippen LogP contribution >= 0.6 is 0 Å². The van der Waals surface area contributed by atoms with E-state index in [2.05, 4.69) is 38.8 Å². The summed E-state index contributed by atoms with van der Waals surface area (Å²) in [6.45, 7) is 15.4. The van der Waals surface area contributed by atoms with Gasteiger partial charge in [0, 0.05) is 16.9 Å². The molecule has 0 aliphatic heterocycles. The maximum Gasteiger partial charge on any atom is 0.309 e. The molecule has 0 bridgehead atoms. The van der Waals surface area contributed by atoms with E-state index in [-0.39, 0.29) is 38.7 Å². The molecule has 252 valence electrons. The van der Waals surface area contributed by atoms with Crippen LogP contribution in [0.2, 0.25) is 0 Å². The number of H-pyrrole nitrogens is 1. The summed E-state index contributed by atoms with van der Waals surface area (Å²) in [7, 11) is 1.59. The van der Waals surface area contributed by atoms with Gasteiger partial charge in [0.25, 0.3) is 0 Å². The van der Waals surface area contributed by atoms with Crippen LogP contribution in [0.15, 0.2) is 46.8 Å². The van der Waals surface area contributed by atoms with E-state index in [0.29, 0.717) is 11.7 Å². The molecule has 0 radical (unpaired) electrons. The number of aromatic hydroxyl groups is 2. The van der Waals surface area contributed by atoms with Gasteiger partial charge in [-0.05, 0) is 129 Å². The van der Waals surface area contributed by atoms with Gasteiger partial charge in [-0.2, -0.15) is 0 Å². The molecule has 7 nitrogen and oxygen atoms in total. The van der Waals surface area contributed by atoms with Crippen LogP contribution in [-0.4, -0.2) is 33.4 Å². The molecule has 4 aliphatic carbocycles. The van der Waals surface area contributed by atoms with E-state index in [9.17, 15) is 24.9 Å². The molecule has 47 heavy (non-hydrogen) atoms. The summed E-state index contributed by atoms with van der Waals surface area (Å²) in [6.07, 6.45) is 10.0. The molecular weight excluding hydrogens is 590 g/mol. The number of nitrogens with one attached hydrogen (secondary N) is 1. The second-order valence-electron chi connectivity index (χ2n) is 16.3. The Morgan fingerprint density at radius 1 is 0.957 bits per heavy atom. The van der Waals surface area contributed by atoms with E-state index in [1.807, 2.05) is 45.0 Å². The topological polar surface area (TPSA) is 120 Å². The third-order valence-electron chi connectivity index (χ3n) is 13.8. The molecular formula is C40H51NO6. The molecule has 4 N–H and O–H groups in total. The van der Waals surface area contributed by atoms with Gasteiger partial charge < -0.3 is 25.0 Å². The lowest BCUT2D eigenvalue weighted by Gasteiger charge is -2.69. The zero-order valence-electron chi connectivity index (χ0n) is 29.3. The molecule has 3 saturated carbocycles. The van der Waals surface area contributed by atoms with Gasteiger partial charge in [-0.3, -0.25) is 9.59 Å². The second-order valence-corrected chi connectivity index (χ2v) is 16.3. The van der Waals surface area contributed by atoms with E-state index in [1.165, 1.54) is 11.1 Å². The van der Waals surface area contributed by atoms with E-state index < -0.39 is 11.4 Å². The first-order valence-electron chi connectivity index (χ1n) is 17.1. The quantitative estimate of drug-likeness (QED) is 0.165. The van der Waals surface area contributed by atoms with Crippen molar-refractivity contribution in [3.05, 3.63) is 74.6 Å². The summed E-state index contributed by atoms with van der Waals surface area (Å²) in [5.74, 6) is 0.416. The van der Waals surface area contributed by atoms with Crippen LogP contribution in [0.4, 0.5) is 0 Å². The molecule has 6 unspecified atom stereocenters. The van der Waals surface area contributed by atoms with Gasteiger partial charge in [-0.1, -0.05) is 51.5 Å². The number of carboxylic acids is 1. The number of phenolic OH excluding ortho intramolecular Hbond substituents is 2. The first-order chi connectivity index (χ1) is 21.9. The number of ether oxygens (including phenoxy) is 1. The van der Waals surface area contributed by atoms with Crippen LogP contribution in [0, 0.1) is 41.4 Å². The zero-order valence-corrected chi connectivity index (χ0v) is 29.3. The first kappa shape index (κ1) is 33.2. The molecule has 0 spiro atoms. The van der Waals surface area contributed by atoms with Gasteiger partial charge in [0.05, 0.1) is 18.0 Å². The number of aromatic amines is 1. The van der Waals surface area contributed by atoms with Crippen molar-refractivity contribution in [2.24, 2.45) is 27.6 Å². The number of hydrogen-bond acceptors (Lipinski definition) is 5. The lowest BCUT2D eigenvalue weighted by molar-refractivity contribution is -0.177. The van der Waals surface area contributed by atoms with Gasteiger partial charge in [-0.15, -0.1) is 0 Å². The minimum atomic E-state index is -0.641. The van der Waals surface area contributed by atoms with Crippen molar-refractivity contribution >= 4 is 16.9 Å². The number of aliphatic carboxylic acids is 1. The fourth-order valence-corrected chi connectivity index (χ4v) is 10.5. The molecule has 0 amide bonds. The number of phenols is 2. The lowest BCUT2D eigenvalue weighted by Crippen LogP contribution is -2.62. The highest BCUT2D eigenvalue weighted by Gasteiger charge is 2.67. The van der Waals surface area contributed by atoms with Crippen molar-refractivity contribution in [3.8, 4) is 17.2 Å². The number of benzene rings is 2. The Hall–Kier alpha value is -3.74. The van der Waals surface area contributed by atoms with Crippen molar-refractivity contribution in [2.45, 2.75) is 105 Å². The number of aromatic nitrogens is 1. The molecule has 1 aromatic heterocycles. The van der Waals surface area contributed by atoms with Gasteiger partial charge in [0.15, 0.2) is 11.5 Å². The van der Waals surface area contributed by atoms with Crippen LogP contribution in [0.3, 0.4) is 0 Å². The molecule has 1 heterocycles. The Kier molecular flexibility index (Phi) is 7.69. The standard InChI is InChI=1S/C29H40O4.C11H11NO2/c1-17-18-7-8-21-27(4,19(18)15-20(30)23(17)31)12-14-29(6)22-16-26(3,24(32)33)10-9-25(22,2)11-13-28(21,29)5;1-7-6-10(13)12-11-8(7)4-3-5-9(11)14-2/h8,15,22,30-31H,7,9-14,16H2,1-6H3,(H,32,33);3-6H,1-2H3,(H,12,13). The van der Waals surface area contributed by atoms with Crippen molar-refractivity contribution in [1.29, 1.82) is 0 Å². The van der Waals surface area contributed by atoms with E-state index >= 15 is 0 Å². The second kappa shape index (κ2) is 10.9. The van der Waals surface area contributed by atoms with Gasteiger partial charge in [-0.25, -0.2) is 0 Å². The number of pyridine rings is 1. The van der Waals surface area contributed by atoms with Crippen LogP contribution in [0.25, 0.3) is 10.9 Å². The fourth-order valence-electron chi connectivity index (χ4n) is 10.5. The van der Waals surface area contributed by atoms with Crippen molar-refractivity contribution in [1.82, 2.24) is 4.98 Å². The number of carbonyl (C=O) groups is 1. The van der Waals surface area contributed by atoms with Crippen LogP contribution in [0.1, 0.15) is 102 Å². The van der Waals surface area contributed by atoms with Gasteiger partial charge >= 0.3 is 5.97 Å². The molecule has 0 saturated heterocycles. The third-order valence-corrected chi connectivity index (χ3v) is 13.8. The Balaban J connectivity index is 0.000000230. The average molecular weight is 642 g/mol. The minimum Gasteiger partial charge on any atom is -0.504 e. The maximum atomic E-state index is 12.3. The number of carboxylic acid groups (broad SMARTS) is 1. The largest absolute Gasteiger partial charge is 0.504 e. The number of para-hydroxylation sites is 1. The number of methoxy groups -OCH3 is 1. The zero-order chi connectivity index (χ0) is 34.3. The number of aryl methyl sites for hydroxylation is 1. The first-order valence-corrected chi connectivity index (χ1v) is 17.1. The van der Waals surface area contributed by atoms with Crippen LogP contribution in [0.5, 0.6) is 17.2 Å². The van der Waals surface area contributed by atoms with Gasteiger partial charge in [0.1, 0.15) is 5.75 Å². The molecule has 7 heteroatoms. The fraction of sp³-hybridized carbons (Fsp3) is 0.550. The highest BCUT2D eigenvalue weighted by atomic mass is 16.5. The number of allylic oxidation sites excluding steroid dienone is 2. The summed E-state index contributed by atoms with van der Waals surface area (Å²) in [4.78, 5) is 26.3. The normalized spacial score (nSPS) is 34.0. The summed E-state index contributed by atoms with van der Waals surface area (Å²) in [5.41, 5.74) is 5.63. The number of fused-ring (bicyclic) bond motifs is 8. The summed E-state index contributed by atoms with van der Waals surface area (Å²) in [5, 5.41) is 31.9. The summed E-state index contributed by atoms with van der Waals surface area (Å²) >= 11 is 0. The maximum absolute atomic E-state index is 12.3. The van der Waals surface area contributed by atoms with Crippen LogP contribution in [-0.2, 0) is 16.6 Å².